The van der Waals surface area contributed by atoms with Crippen molar-refractivity contribution in [3.05, 3.63) is 101 Å². The molecular weight excluding hydrogens is 649 g/mol. The molecule has 2 amide bonds. The first-order chi connectivity index (χ1) is 22.4. The number of hydrogen-bond acceptors (Lipinski definition) is 5. The number of hydrogen-bond donors (Lipinski definition) is 2. The van der Waals surface area contributed by atoms with E-state index in [0.717, 1.165) is 17.4 Å². The molecule has 0 radical (unpaired) electrons. The van der Waals surface area contributed by atoms with Crippen molar-refractivity contribution in [3.63, 3.8) is 0 Å². The van der Waals surface area contributed by atoms with Crippen LogP contribution in [0.2, 0.25) is 0 Å². The Bertz CT molecular complexity index is 1580. The number of ether oxygens (including phenoxy) is 1. The number of amides is 2. The van der Waals surface area contributed by atoms with E-state index in [1.54, 1.807) is 30.3 Å². The Morgan fingerprint density at radius 3 is 1.88 bits per heavy atom. The quantitative estimate of drug-likeness (QED) is 0.142. The summed E-state index contributed by atoms with van der Waals surface area (Å²) in [6, 6.07) is 15.2. The van der Waals surface area contributed by atoms with E-state index < -0.39 is 90.3 Å². The molecule has 7 nitrogen and oxygen atoms in total. The Kier molecular flexibility index (Phi) is 12.5. The summed E-state index contributed by atoms with van der Waals surface area (Å²) in [6.45, 7) is 0.530. The molecule has 0 aliphatic carbocycles. The molecule has 0 aliphatic heterocycles. The fraction of sp³-hybridized carbons (Fsp3) is 0.353. The lowest BCUT2D eigenvalue weighted by Crippen LogP contribution is -2.51. The SMILES string of the molecule is COc1ccc(C(CC(=O)N[C@H](C(=O)C[C@H](C(=O)C(F)(F)C(=O)NCC(F)(F)F)C(C)C)c2ccccc2)c2cc(F)cc(F)c2)cc1. The first kappa shape index (κ1) is 37.7. The predicted molar refractivity (Wildman–Crippen MR) is 160 cm³/mol. The van der Waals surface area contributed by atoms with E-state index in [9.17, 15) is 49.9 Å². The molecule has 3 atom stereocenters. The monoisotopic (exact) mass is 682 g/mol. The minimum atomic E-state index is -5.02. The molecule has 0 fully saturated rings. The highest BCUT2D eigenvalue weighted by molar-refractivity contribution is 6.09. The molecule has 0 saturated carbocycles. The van der Waals surface area contributed by atoms with Gasteiger partial charge in [-0.1, -0.05) is 56.3 Å². The number of Topliss-reactive ketones (excluding diaryl/α,β-unsaturated/α-hetero) is 2. The van der Waals surface area contributed by atoms with Crippen LogP contribution < -0.4 is 15.4 Å². The van der Waals surface area contributed by atoms with E-state index in [4.69, 9.17) is 4.74 Å². The molecular formula is C34H33F7N2O5. The van der Waals surface area contributed by atoms with Gasteiger partial charge in [-0.3, -0.25) is 19.2 Å². The molecule has 2 N–H and O–H groups in total. The number of alkyl halides is 5. The van der Waals surface area contributed by atoms with E-state index in [-0.39, 0.29) is 11.1 Å². The van der Waals surface area contributed by atoms with Crippen molar-refractivity contribution in [2.24, 2.45) is 11.8 Å². The summed E-state index contributed by atoms with van der Waals surface area (Å²) in [7, 11) is 1.43. The maximum Gasteiger partial charge on any atom is 0.405 e. The van der Waals surface area contributed by atoms with Gasteiger partial charge >= 0.3 is 12.1 Å². The van der Waals surface area contributed by atoms with Crippen LogP contribution in [0, 0.1) is 23.5 Å². The first-order valence-electron chi connectivity index (χ1n) is 14.7. The Labute approximate surface area is 271 Å². The van der Waals surface area contributed by atoms with Crippen LogP contribution >= 0.6 is 0 Å². The van der Waals surface area contributed by atoms with Gasteiger partial charge in [0.15, 0.2) is 5.78 Å². The molecule has 0 bridgehead atoms. The van der Waals surface area contributed by atoms with Crippen LogP contribution in [-0.4, -0.2) is 49.1 Å². The molecule has 14 heteroatoms. The van der Waals surface area contributed by atoms with Crippen molar-refractivity contribution < 1.29 is 54.6 Å². The van der Waals surface area contributed by atoms with Crippen LogP contribution in [-0.2, 0) is 19.2 Å². The third-order valence-electron chi connectivity index (χ3n) is 7.56. The van der Waals surface area contributed by atoms with E-state index in [1.165, 1.54) is 45.2 Å². The molecule has 0 saturated heterocycles. The van der Waals surface area contributed by atoms with Crippen LogP contribution in [0.25, 0.3) is 0 Å². The van der Waals surface area contributed by atoms with E-state index in [0.29, 0.717) is 17.4 Å². The normalized spacial score (nSPS) is 13.7. The second kappa shape index (κ2) is 15.9. The van der Waals surface area contributed by atoms with Crippen molar-refractivity contribution in [2.45, 2.75) is 50.7 Å². The van der Waals surface area contributed by atoms with Crippen molar-refractivity contribution in [1.29, 1.82) is 0 Å². The molecule has 0 aliphatic rings. The number of rotatable bonds is 15. The minimum absolute atomic E-state index is 0.104. The second-order valence-corrected chi connectivity index (χ2v) is 11.4. The topological polar surface area (TPSA) is 102 Å². The molecule has 1 unspecified atom stereocenters. The largest absolute Gasteiger partial charge is 0.497 e. The summed E-state index contributed by atoms with van der Waals surface area (Å²) in [5, 5.41) is 3.53. The van der Waals surface area contributed by atoms with E-state index >= 15 is 0 Å². The van der Waals surface area contributed by atoms with Crippen LogP contribution in [0.1, 0.15) is 55.3 Å². The van der Waals surface area contributed by atoms with Crippen LogP contribution in [0.4, 0.5) is 30.7 Å². The van der Waals surface area contributed by atoms with Crippen LogP contribution in [0.5, 0.6) is 5.75 Å². The smallest absolute Gasteiger partial charge is 0.405 e. The van der Waals surface area contributed by atoms with Crippen LogP contribution in [0.15, 0.2) is 72.8 Å². The summed E-state index contributed by atoms with van der Waals surface area (Å²) in [4.78, 5) is 51.9. The standard InChI is InChI=1S/C34H33F7N2O5/c1-19(2)26(31(46)34(40,41)32(47)42-18-33(37,38)39)16-28(44)30(21-7-5-4-6-8-21)43-29(45)17-27(20-9-11-25(48-3)12-10-20)22-13-23(35)15-24(36)14-22/h4-15,19,26-27,30H,16-18H2,1-3H3,(H,42,47)(H,43,45)/t26-,27?,30-/m0/s1. The summed E-state index contributed by atoms with van der Waals surface area (Å²) < 4.78 is 101. The Hall–Kier alpha value is -4.75. The summed E-state index contributed by atoms with van der Waals surface area (Å²) in [5.74, 6) is -16.1. The predicted octanol–water partition coefficient (Wildman–Crippen LogP) is 6.47. The molecule has 258 valence electrons. The number of ketones is 2. The number of benzene rings is 3. The molecule has 0 spiro atoms. The maximum absolute atomic E-state index is 14.8. The van der Waals surface area contributed by atoms with Crippen molar-refractivity contribution in [3.8, 4) is 5.75 Å². The van der Waals surface area contributed by atoms with Gasteiger partial charge in [0, 0.05) is 30.7 Å². The lowest BCUT2D eigenvalue weighted by Gasteiger charge is -2.26. The zero-order chi connectivity index (χ0) is 35.8. The fourth-order valence-corrected chi connectivity index (χ4v) is 5.04. The zero-order valence-electron chi connectivity index (χ0n) is 26.0. The Balaban J connectivity index is 1.90. The van der Waals surface area contributed by atoms with Crippen LogP contribution in [0.3, 0.4) is 0 Å². The van der Waals surface area contributed by atoms with Gasteiger partial charge in [-0.2, -0.15) is 22.0 Å². The average Bonchev–Trinajstić information content (AvgIpc) is 3.02. The molecule has 48 heavy (non-hydrogen) atoms. The summed E-state index contributed by atoms with van der Waals surface area (Å²) >= 11 is 0. The number of carbonyl (C=O) groups is 4. The van der Waals surface area contributed by atoms with E-state index in [2.05, 4.69) is 5.32 Å². The highest BCUT2D eigenvalue weighted by Crippen LogP contribution is 2.33. The minimum Gasteiger partial charge on any atom is -0.497 e. The van der Waals surface area contributed by atoms with Gasteiger partial charge in [0.05, 0.1) is 7.11 Å². The van der Waals surface area contributed by atoms with Gasteiger partial charge in [-0.25, -0.2) is 8.78 Å². The van der Waals surface area contributed by atoms with Gasteiger partial charge in [0.2, 0.25) is 11.7 Å². The van der Waals surface area contributed by atoms with Crippen molar-refractivity contribution in [1.82, 2.24) is 10.6 Å². The maximum atomic E-state index is 14.8. The van der Waals surface area contributed by atoms with Gasteiger partial charge in [-0.05, 0) is 46.9 Å². The molecule has 3 aromatic rings. The van der Waals surface area contributed by atoms with Gasteiger partial charge in [0.25, 0.3) is 5.91 Å². The van der Waals surface area contributed by atoms with Gasteiger partial charge in [-0.15, -0.1) is 0 Å². The molecule has 3 rings (SSSR count). The average molecular weight is 683 g/mol. The summed E-state index contributed by atoms with van der Waals surface area (Å²) in [5.41, 5.74) is 0.778. The van der Waals surface area contributed by atoms with Crippen molar-refractivity contribution >= 4 is 23.4 Å². The number of halogens is 7. The number of carbonyl (C=O) groups excluding carboxylic acids is 4. The molecule has 0 heterocycles. The zero-order valence-corrected chi connectivity index (χ0v) is 26.0. The second-order valence-electron chi connectivity index (χ2n) is 11.4. The third kappa shape index (κ3) is 10.1. The highest BCUT2D eigenvalue weighted by atomic mass is 19.4. The highest BCUT2D eigenvalue weighted by Gasteiger charge is 2.51. The lowest BCUT2D eigenvalue weighted by molar-refractivity contribution is -0.167. The van der Waals surface area contributed by atoms with Gasteiger partial charge < -0.3 is 15.4 Å². The number of nitrogens with one attached hydrogen (secondary N) is 2. The van der Waals surface area contributed by atoms with E-state index in [1.807, 2.05) is 0 Å². The Morgan fingerprint density at radius 1 is 0.771 bits per heavy atom. The molecule has 3 aromatic carbocycles. The molecule has 0 aromatic heterocycles. The fourth-order valence-electron chi connectivity index (χ4n) is 5.04. The van der Waals surface area contributed by atoms with Gasteiger partial charge in [0.1, 0.15) is 30.0 Å². The first-order valence-corrected chi connectivity index (χ1v) is 14.7. The van der Waals surface area contributed by atoms with Crippen molar-refractivity contribution in [2.75, 3.05) is 13.7 Å². The Morgan fingerprint density at radius 2 is 1.35 bits per heavy atom. The third-order valence-corrected chi connectivity index (χ3v) is 7.56. The lowest BCUT2D eigenvalue weighted by atomic mass is 9.82. The number of methoxy groups -OCH3 is 1. The summed E-state index contributed by atoms with van der Waals surface area (Å²) in [6.07, 6.45) is -6.36.